The fraction of sp³-hybridized carbons (Fsp3) is 0.368. The topological polar surface area (TPSA) is 95.8 Å². The maximum Gasteiger partial charge on any atom is 0.293 e. The summed E-state index contributed by atoms with van der Waals surface area (Å²) >= 11 is 3.48. The van der Waals surface area contributed by atoms with Gasteiger partial charge in [0.25, 0.3) is 5.69 Å². The third-order valence-electron chi connectivity index (χ3n) is 5.01. The lowest BCUT2D eigenvalue weighted by molar-refractivity contribution is -0.384. The molecule has 1 saturated heterocycles. The number of hydrogen-bond acceptors (Lipinski definition) is 6. The van der Waals surface area contributed by atoms with Crippen LogP contribution in [0.15, 0.2) is 51.8 Å². The van der Waals surface area contributed by atoms with Crippen LogP contribution >= 0.6 is 15.9 Å². The van der Waals surface area contributed by atoms with Crippen LogP contribution in [0.3, 0.4) is 0 Å². The zero-order chi connectivity index (χ0) is 21.2. The molecule has 156 valence electrons. The van der Waals surface area contributed by atoms with Crippen molar-refractivity contribution in [3.05, 3.63) is 62.6 Å². The molecule has 1 heterocycles. The van der Waals surface area contributed by atoms with Crippen molar-refractivity contribution in [2.24, 2.45) is 0 Å². The Morgan fingerprint density at radius 1 is 1.14 bits per heavy atom. The lowest BCUT2D eigenvalue weighted by Crippen LogP contribution is -2.47. The van der Waals surface area contributed by atoms with E-state index in [9.17, 15) is 18.5 Å². The zero-order valence-corrected chi connectivity index (χ0v) is 18.6. The van der Waals surface area contributed by atoms with Gasteiger partial charge in [-0.15, -0.1) is 0 Å². The quantitative estimate of drug-likeness (QED) is 0.500. The van der Waals surface area contributed by atoms with Gasteiger partial charge in [-0.2, -0.15) is 4.31 Å². The lowest BCUT2D eigenvalue weighted by atomic mass is 10.1. The molecule has 0 bridgehead atoms. The summed E-state index contributed by atoms with van der Waals surface area (Å²) in [6, 6.07) is 11.4. The van der Waals surface area contributed by atoms with Crippen molar-refractivity contribution < 1.29 is 13.3 Å². The standard InChI is InChI=1S/C19H23BrN4O4S/c1-14(16-5-3-4-6-17(16)20)21-18-8-7-15(13-19(18)24(25)26)29(27,28)23-11-9-22(2)10-12-23/h3-8,13-14,21H,9-12H2,1-2H3/t14-/m1/s1. The minimum atomic E-state index is -3.78. The molecule has 2 aromatic rings. The van der Waals surface area contributed by atoms with Gasteiger partial charge >= 0.3 is 0 Å². The number of anilines is 1. The number of nitrogens with one attached hydrogen (secondary N) is 1. The fourth-order valence-electron chi connectivity index (χ4n) is 3.26. The maximum atomic E-state index is 12.9. The van der Waals surface area contributed by atoms with Crippen LogP contribution in [0.2, 0.25) is 0 Å². The van der Waals surface area contributed by atoms with Gasteiger partial charge in [-0.1, -0.05) is 34.1 Å². The van der Waals surface area contributed by atoms with Gasteiger partial charge in [0.1, 0.15) is 5.69 Å². The number of piperazine rings is 1. The summed E-state index contributed by atoms with van der Waals surface area (Å²) in [5.74, 6) is 0. The molecule has 0 radical (unpaired) electrons. The first-order valence-corrected chi connectivity index (χ1v) is 11.4. The van der Waals surface area contributed by atoms with Crippen LogP contribution in [0.25, 0.3) is 0 Å². The summed E-state index contributed by atoms with van der Waals surface area (Å²) in [5, 5.41) is 14.8. The number of likely N-dealkylation sites (N-methyl/N-ethyl adjacent to an activating group) is 1. The van der Waals surface area contributed by atoms with Crippen molar-refractivity contribution in [2.75, 3.05) is 38.5 Å². The van der Waals surface area contributed by atoms with Crippen LogP contribution < -0.4 is 5.32 Å². The number of benzene rings is 2. The Morgan fingerprint density at radius 2 is 1.79 bits per heavy atom. The van der Waals surface area contributed by atoms with E-state index in [1.165, 1.54) is 16.4 Å². The Balaban J connectivity index is 1.89. The first kappa shape index (κ1) is 21.7. The van der Waals surface area contributed by atoms with Crippen molar-refractivity contribution in [3.63, 3.8) is 0 Å². The van der Waals surface area contributed by atoms with Crippen LogP contribution in [-0.2, 0) is 10.0 Å². The predicted octanol–water partition coefficient (Wildman–Crippen LogP) is 3.47. The average Bonchev–Trinajstić information content (AvgIpc) is 2.68. The Kier molecular flexibility index (Phi) is 6.57. The first-order chi connectivity index (χ1) is 13.7. The summed E-state index contributed by atoms with van der Waals surface area (Å²) < 4.78 is 28.1. The van der Waals surface area contributed by atoms with E-state index in [-0.39, 0.29) is 22.3 Å². The highest BCUT2D eigenvalue weighted by atomic mass is 79.9. The van der Waals surface area contributed by atoms with Gasteiger partial charge < -0.3 is 10.2 Å². The normalized spacial score (nSPS) is 17.1. The van der Waals surface area contributed by atoms with Crippen molar-refractivity contribution in [3.8, 4) is 0 Å². The second-order valence-electron chi connectivity index (χ2n) is 7.03. The second-order valence-corrected chi connectivity index (χ2v) is 9.82. The van der Waals surface area contributed by atoms with E-state index in [2.05, 4.69) is 21.2 Å². The number of hydrogen-bond donors (Lipinski definition) is 1. The van der Waals surface area contributed by atoms with E-state index in [1.54, 1.807) is 0 Å². The van der Waals surface area contributed by atoms with Gasteiger partial charge in [-0.25, -0.2) is 8.42 Å². The second kappa shape index (κ2) is 8.78. The fourth-order valence-corrected chi connectivity index (χ4v) is 5.33. The SMILES string of the molecule is C[C@@H](Nc1ccc(S(=O)(=O)N2CCN(C)CC2)cc1[N+](=O)[O-])c1ccccc1Br. The first-order valence-electron chi connectivity index (χ1n) is 9.18. The summed E-state index contributed by atoms with van der Waals surface area (Å²) in [4.78, 5) is 13.1. The summed E-state index contributed by atoms with van der Waals surface area (Å²) in [6.07, 6.45) is 0. The van der Waals surface area contributed by atoms with E-state index in [0.29, 0.717) is 26.2 Å². The monoisotopic (exact) mass is 482 g/mol. The molecule has 10 heteroatoms. The zero-order valence-electron chi connectivity index (χ0n) is 16.2. The molecule has 0 amide bonds. The molecule has 0 unspecified atom stereocenters. The van der Waals surface area contributed by atoms with Gasteiger partial charge in [0.15, 0.2) is 0 Å². The number of halogens is 1. The third-order valence-corrected chi connectivity index (χ3v) is 7.63. The molecular weight excluding hydrogens is 460 g/mol. The van der Waals surface area contributed by atoms with Gasteiger partial charge in [-0.3, -0.25) is 10.1 Å². The molecule has 0 spiro atoms. The Hall–Kier alpha value is -2.01. The predicted molar refractivity (Wildman–Crippen MR) is 116 cm³/mol. The molecule has 0 aromatic heterocycles. The summed E-state index contributed by atoms with van der Waals surface area (Å²) in [7, 11) is -1.85. The van der Waals surface area contributed by atoms with E-state index in [1.807, 2.05) is 43.1 Å². The van der Waals surface area contributed by atoms with Crippen molar-refractivity contribution in [1.82, 2.24) is 9.21 Å². The molecule has 1 atom stereocenters. The number of nitro groups is 1. The molecule has 0 aliphatic carbocycles. The number of nitrogens with zero attached hydrogens (tertiary/aromatic N) is 3. The van der Waals surface area contributed by atoms with Crippen LogP contribution in [0.5, 0.6) is 0 Å². The van der Waals surface area contributed by atoms with Gasteiger partial charge in [-0.05, 0) is 37.7 Å². The van der Waals surface area contributed by atoms with E-state index in [4.69, 9.17) is 0 Å². The van der Waals surface area contributed by atoms with Crippen LogP contribution in [0.1, 0.15) is 18.5 Å². The van der Waals surface area contributed by atoms with Crippen molar-refractivity contribution in [2.45, 2.75) is 17.9 Å². The molecule has 1 aliphatic heterocycles. The smallest absolute Gasteiger partial charge is 0.293 e. The molecule has 29 heavy (non-hydrogen) atoms. The Morgan fingerprint density at radius 3 is 2.41 bits per heavy atom. The minimum absolute atomic E-state index is 0.0622. The highest BCUT2D eigenvalue weighted by Crippen LogP contribution is 2.33. The number of rotatable bonds is 6. The molecule has 1 aliphatic rings. The summed E-state index contributed by atoms with van der Waals surface area (Å²) in [5.41, 5.74) is 0.950. The molecule has 8 nitrogen and oxygen atoms in total. The Bertz CT molecular complexity index is 1010. The molecule has 1 N–H and O–H groups in total. The summed E-state index contributed by atoms with van der Waals surface area (Å²) in [6.45, 7) is 3.88. The van der Waals surface area contributed by atoms with Gasteiger partial charge in [0.05, 0.1) is 9.82 Å². The molecule has 3 rings (SSSR count). The minimum Gasteiger partial charge on any atom is -0.373 e. The van der Waals surface area contributed by atoms with Gasteiger partial charge in [0.2, 0.25) is 10.0 Å². The molecular formula is C19H23BrN4O4S. The third kappa shape index (κ3) is 4.77. The average molecular weight is 483 g/mol. The van der Waals surface area contributed by atoms with Crippen molar-refractivity contribution >= 4 is 37.3 Å². The van der Waals surface area contributed by atoms with Crippen LogP contribution in [-0.4, -0.2) is 55.8 Å². The highest BCUT2D eigenvalue weighted by molar-refractivity contribution is 9.10. The van der Waals surface area contributed by atoms with Crippen molar-refractivity contribution in [1.29, 1.82) is 0 Å². The largest absolute Gasteiger partial charge is 0.373 e. The molecule has 2 aromatic carbocycles. The highest BCUT2D eigenvalue weighted by Gasteiger charge is 2.30. The van der Waals surface area contributed by atoms with Crippen LogP contribution in [0.4, 0.5) is 11.4 Å². The maximum absolute atomic E-state index is 12.9. The van der Waals surface area contributed by atoms with Crippen LogP contribution in [0, 0.1) is 10.1 Å². The molecule has 1 fully saturated rings. The Labute approximate surface area is 178 Å². The van der Waals surface area contributed by atoms with E-state index >= 15 is 0 Å². The number of nitro benzene ring substituents is 1. The van der Waals surface area contributed by atoms with Gasteiger partial charge in [0, 0.05) is 42.8 Å². The molecule has 0 saturated carbocycles. The lowest BCUT2D eigenvalue weighted by Gasteiger charge is -2.31. The van der Waals surface area contributed by atoms with E-state index in [0.717, 1.165) is 16.1 Å². The van der Waals surface area contributed by atoms with E-state index < -0.39 is 14.9 Å². The number of sulfonamides is 1.